The number of hydrogen-bond donors (Lipinski definition) is 1. The van der Waals surface area contributed by atoms with Gasteiger partial charge in [0.25, 0.3) is 0 Å². The van der Waals surface area contributed by atoms with Crippen LogP contribution in [0.3, 0.4) is 0 Å². The number of carbonyl (C=O) groups is 1. The van der Waals surface area contributed by atoms with Crippen LogP contribution in [0.4, 0.5) is 0 Å². The van der Waals surface area contributed by atoms with Crippen LogP contribution in [0.25, 0.3) is 6.08 Å². The minimum absolute atomic E-state index is 0.0513. The summed E-state index contributed by atoms with van der Waals surface area (Å²) in [5.41, 5.74) is 2.56. The molecule has 1 aliphatic rings. The summed E-state index contributed by atoms with van der Waals surface area (Å²) in [4.78, 5) is 14.0. The number of aromatic nitrogens is 1. The molecule has 0 aliphatic carbocycles. The molecular formula is C21H26N2O5. The molecule has 0 saturated carbocycles. The molecule has 1 aromatic heterocycles. The van der Waals surface area contributed by atoms with Crippen molar-refractivity contribution < 1.29 is 23.9 Å². The predicted molar refractivity (Wildman–Crippen MR) is 104 cm³/mol. The molecule has 2 heterocycles. The van der Waals surface area contributed by atoms with E-state index in [1.165, 1.54) is 0 Å². The van der Waals surface area contributed by atoms with Gasteiger partial charge in [-0.1, -0.05) is 11.2 Å². The quantitative estimate of drug-likeness (QED) is 0.769. The second kappa shape index (κ2) is 8.93. The van der Waals surface area contributed by atoms with Gasteiger partial charge < -0.3 is 24.0 Å². The van der Waals surface area contributed by atoms with Gasteiger partial charge in [-0.15, -0.1) is 0 Å². The van der Waals surface area contributed by atoms with E-state index in [2.05, 4.69) is 5.16 Å². The van der Waals surface area contributed by atoms with Crippen molar-refractivity contribution in [2.24, 2.45) is 0 Å². The van der Waals surface area contributed by atoms with Gasteiger partial charge in [0, 0.05) is 19.2 Å². The molecule has 1 fully saturated rings. The molecular weight excluding hydrogens is 360 g/mol. The normalized spacial score (nSPS) is 15.2. The Kier molecular flexibility index (Phi) is 6.36. The van der Waals surface area contributed by atoms with Crippen molar-refractivity contribution in [3.63, 3.8) is 0 Å². The molecule has 7 heteroatoms. The summed E-state index contributed by atoms with van der Waals surface area (Å²) in [6.45, 7) is 5.24. The Morgan fingerprint density at radius 2 is 2.07 bits per heavy atom. The van der Waals surface area contributed by atoms with E-state index in [1.54, 1.807) is 24.2 Å². The lowest BCUT2D eigenvalue weighted by atomic mass is 10.1. The van der Waals surface area contributed by atoms with Gasteiger partial charge in [-0.05, 0) is 50.5 Å². The molecule has 1 aliphatic heterocycles. The summed E-state index contributed by atoms with van der Waals surface area (Å²) >= 11 is 0. The topological polar surface area (TPSA) is 85.0 Å². The zero-order valence-electron chi connectivity index (χ0n) is 16.5. The third-order valence-corrected chi connectivity index (χ3v) is 4.94. The fourth-order valence-corrected chi connectivity index (χ4v) is 3.12. The molecule has 1 amide bonds. The lowest BCUT2D eigenvalue weighted by Crippen LogP contribution is -2.39. The minimum Gasteiger partial charge on any atom is -0.493 e. The van der Waals surface area contributed by atoms with Gasteiger partial charge >= 0.3 is 0 Å². The van der Waals surface area contributed by atoms with Crippen molar-refractivity contribution in [1.82, 2.24) is 10.1 Å². The Hall–Kier alpha value is -2.80. The van der Waals surface area contributed by atoms with Gasteiger partial charge in [-0.25, -0.2) is 0 Å². The molecule has 2 aromatic rings. The zero-order chi connectivity index (χ0) is 20.1. The lowest BCUT2D eigenvalue weighted by Gasteiger charge is -2.28. The fraction of sp³-hybridized carbons (Fsp3) is 0.429. The number of rotatable bonds is 6. The molecule has 3 rings (SSSR count). The highest BCUT2D eigenvalue weighted by Gasteiger charge is 2.19. The van der Waals surface area contributed by atoms with E-state index in [0.29, 0.717) is 44.0 Å². The molecule has 1 aromatic carbocycles. The van der Waals surface area contributed by atoms with Gasteiger partial charge in [-0.2, -0.15) is 0 Å². The molecule has 150 valence electrons. The number of carbonyl (C=O) groups excluding carboxylic acids is 1. The maximum atomic E-state index is 12.3. The number of likely N-dealkylation sites (tertiary alicyclic amines) is 1. The van der Waals surface area contributed by atoms with Crippen LogP contribution in [0.1, 0.15) is 35.4 Å². The first-order valence-corrected chi connectivity index (χ1v) is 9.35. The first kappa shape index (κ1) is 19.9. The molecule has 1 N–H and O–H groups in total. The number of methoxy groups -OCH3 is 1. The van der Waals surface area contributed by atoms with E-state index in [9.17, 15) is 9.90 Å². The molecule has 0 bridgehead atoms. The zero-order valence-corrected chi connectivity index (χ0v) is 16.5. The smallest absolute Gasteiger partial charge is 0.246 e. The van der Waals surface area contributed by atoms with Crippen LogP contribution in [0.2, 0.25) is 0 Å². The van der Waals surface area contributed by atoms with E-state index in [-0.39, 0.29) is 12.0 Å². The third kappa shape index (κ3) is 4.72. The first-order valence-electron chi connectivity index (χ1n) is 9.35. The first-order chi connectivity index (χ1) is 13.5. The standard InChI is InChI=1S/C21H26N2O5/c1-14-18(15(2)28-22-14)13-27-19-6-4-16(12-20(19)26-3)5-7-21(25)23-10-8-17(24)9-11-23/h4-7,12,17,24H,8-11,13H2,1-3H3/b7-5+. The van der Waals surface area contributed by atoms with Crippen LogP contribution in [-0.2, 0) is 11.4 Å². The maximum absolute atomic E-state index is 12.3. The number of aliphatic hydroxyl groups is 1. The van der Waals surface area contributed by atoms with Gasteiger partial charge in [0.05, 0.1) is 24.5 Å². The van der Waals surface area contributed by atoms with Crippen LogP contribution in [0.5, 0.6) is 11.5 Å². The number of ether oxygens (including phenoxy) is 2. The second-order valence-corrected chi connectivity index (χ2v) is 6.89. The fourth-order valence-electron chi connectivity index (χ4n) is 3.12. The van der Waals surface area contributed by atoms with Gasteiger partial charge in [-0.3, -0.25) is 4.79 Å². The molecule has 1 saturated heterocycles. The Labute approximate surface area is 164 Å². The average molecular weight is 386 g/mol. The van der Waals surface area contributed by atoms with Crippen molar-refractivity contribution in [3.05, 3.63) is 46.9 Å². The number of amides is 1. The van der Waals surface area contributed by atoms with E-state index < -0.39 is 0 Å². The Bertz CT molecular complexity index is 831. The van der Waals surface area contributed by atoms with E-state index in [0.717, 1.165) is 22.6 Å². The minimum atomic E-state index is -0.296. The van der Waals surface area contributed by atoms with Crippen molar-refractivity contribution >= 4 is 12.0 Å². The summed E-state index contributed by atoms with van der Waals surface area (Å²) in [7, 11) is 1.58. The average Bonchev–Trinajstić information content (AvgIpc) is 3.03. The number of hydrogen-bond acceptors (Lipinski definition) is 6. The monoisotopic (exact) mass is 386 g/mol. The van der Waals surface area contributed by atoms with E-state index in [1.807, 2.05) is 32.0 Å². The van der Waals surface area contributed by atoms with Crippen LogP contribution < -0.4 is 9.47 Å². The highest BCUT2D eigenvalue weighted by atomic mass is 16.5. The summed E-state index contributed by atoms with van der Waals surface area (Å²) in [5, 5.41) is 13.5. The summed E-state index contributed by atoms with van der Waals surface area (Å²) in [6, 6.07) is 5.51. The molecule has 28 heavy (non-hydrogen) atoms. The summed E-state index contributed by atoms with van der Waals surface area (Å²) < 4.78 is 16.5. The second-order valence-electron chi connectivity index (χ2n) is 6.89. The van der Waals surface area contributed by atoms with Crippen LogP contribution in [0, 0.1) is 13.8 Å². The van der Waals surface area contributed by atoms with Crippen molar-refractivity contribution in [2.45, 2.75) is 39.4 Å². The Morgan fingerprint density at radius 1 is 1.32 bits per heavy atom. The Morgan fingerprint density at radius 3 is 2.71 bits per heavy atom. The third-order valence-electron chi connectivity index (χ3n) is 4.94. The van der Waals surface area contributed by atoms with Crippen molar-refractivity contribution in [3.8, 4) is 11.5 Å². The highest BCUT2D eigenvalue weighted by Crippen LogP contribution is 2.30. The summed E-state index contributed by atoms with van der Waals surface area (Å²) in [5.74, 6) is 1.88. The van der Waals surface area contributed by atoms with E-state index >= 15 is 0 Å². The van der Waals surface area contributed by atoms with Crippen molar-refractivity contribution in [2.75, 3.05) is 20.2 Å². The number of piperidine rings is 1. The predicted octanol–water partition coefficient (Wildman–Crippen LogP) is 2.88. The molecule has 0 unspecified atom stereocenters. The van der Waals surface area contributed by atoms with E-state index in [4.69, 9.17) is 14.0 Å². The maximum Gasteiger partial charge on any atom is 0.246 e. The molecule has 0 radical (unpaired) electrons. The number of aliphatic hydroxyl groups excluding tert-OH is 1. The van der Waals surface area contributed by atoms with Crippen LogP contribution in [-0.4, -0.2) is 47.4 Å². The van der Waals surface area contributed by atoms with Crippen LogP contribution in [0.15, 0.2) is 28.8 Å². The largest absolute Gasteiger partial charge is 0.493 e. The Balaban J connectivity index is 1.64. The highest BCUT2D eigenvalue weighted by molar-refractivity contribution is 5.91. The van der Waals surface area contributed by atoms with Gasteiger partial charge in [0.15, 0.2) is 11.5 Å². The van der Waals surface area contributed by atoms with Gasteiger partial charge in [0.2, 0.25) is 5.91 Å². The van der Waals surface area contributed by atoms with Crippen LogP contribution >= 0.6 is 0 Å². The lowest BCUT2D eigenvalue weighted by molar-refractivity contribution is -0.127. The molecule has 7 nitrogen and oxygen atoms in total. The number of aryl methyl sites for hydroxylation is 2. The van der Waals surface area contributed by atoms with Crippen molar-refractivity contribution in [1.29, 1.82) is 0 Å². The summed E-state index contributed by atoms with van der Waals surface area (Å²) in [6.07, 6.45) is 4.27. The molecule has 0 spiro atoms. The number of nitrogens with zero attached hydrogens (tertiary/aromatic N) is 2. The number of benzene rings is 1. The van der Waals surface area contributed by atoms with Gasteiger partial charge in [0.1, 0.15) is 12.4 Å². The molecule has 0 atom stereocenters. The SMILES string of the molecule is COc1cc(/C=C/C(=O)N2CCC(O)CC2)ccc1OCc1c(C)noc1C.